The lowest BCUT2D eigenvalue weighted by atomic mass is 10.1. The van der Waals surface area contributed by atoms with Gasteiger partial charge in [0.15, 0.2) is 0 Å². The first-order valence-electron chi connectivity index (χ1n) is 10.1. The van der Waals surface area contributed by atoms with Crippen LogP contribution in [-0.4, -0.2) is 57.1 Å². The van der Waals surface area contributed by atoms with Crippen molar-refractivity contribution in [2.45, 2.75) is 13.3 Å². The quantitative estimate of drug-likeness (QED) is 0.564. The number of hydrogen-bond acceptors (Lipinski definition) is 6. The minimum Gasteiger partial charge on any atom is -0.361 e. The van der Waals surface area contributed by atoms with Crippen LogP contribution in [0.1, 0.15) is 23.2 Å². The van der Waals surface area contributed by atoms with Crippen molar-refractivity contribution < 1.29 is 9.32 Å². The lowest BCUT2D eigenvalue weighted by Gasteiger charge is -2.35. The van der Waals surface area contributed by atoms with E-state index < -0.39 is 0 Å². The van der Waals surface area contributed by atoms with Gasteiger partial charge in [-0.05, 0) is 35.7 Å². The SMILES string of the molecule is CCc1nc(-c2ccc(N3CCN(C(=O)c4ccc5cc[nH]c5c4)CC3)nc2)no1. The highest BCUT2D eigenvalue weighted by molar-refractivity contribution is 5.98. The van der Waals surface area contributed by atoms with Crippen LogP contribution in [0.25, 0.3) is 22.3 Å². The Balaban J connectivity index is 1.23. The summed E-state index contributed by atoms with van der Waals surface area (Å²) in [6, 6.07) is 11.7. The molecule has 1 aliphatic rings. The third-order valence-corrected chi connectivity index (χ3v) is 5.47. The normalized spacial score (nSPS) is 14.4. The number of piperazine rings is 1. The Kier molecular flexibility index (Phi) is 4.66. The van der Waals surface area contributed by atoms with Crippen molar-refractivity contribution in [3.63, 3.8) is 0 Å². The minimum atomic E-state index is 0.0679. The van der Waals surface area contributed by atoms with Crippen LogP contribution >= 0.6 is 0 Å². The number of rotatable bonds is 4. The smallest absolute Gasteiger partial charge is 0.254 e. The van der Waals surface area contributed by atoms with Gasteiger partial charge in [0.1, 0.15) is 5.82 Å². The van der Waals surface area contributed by atoms with Crippen LogP contribution in [0, 0.1) is 0 Å². The van der Waals surface area contributed by atoms with Crippen molar-refractivity contribution in [1.82, 2.24) is 25.0 Å². The molecule has 0 bridgehead atoms. The van der Waals surface area contributed by atoms with Crippen molar-refractivity contribution in [2.75, 3.05) is 31.1 Å². The summed E-state index contributed by atoms with van der Waals surface area (Å²) in [6.07, 6.45) is 4.36. The van der Waals surface area contributed by atoms with E-state index >= 15 is 0 Å². The van der Waals surface area contributed by atoms with Crippen LogP contribution in [-0.2, 0) is 6.42 Å². The standard InChI is InChI=1S/C22H22N6O2/c1-2-20-25-21(26-30-20)17-5-6-19(24-14-17)27-9-11-28(12-10-27)22(29)16-4-3-15-7-8-23-18(15)13-16/h3-8,13-14,23H,2,9-12H2,1H3. The molecular formula is C22H22N6O2. The molecule has 0 saturated carbocycles. The summed E-state index contributed by atoms with van der Waals surface area (Å²) in [5, 5.41) is 5.10. The van der Waals surface area contributed by atoms with Gasteiger partial charge in [-0.1, -0.05) is 18.1 Å². The molecule has 4 aromatic rings. The lowest BCUT2D eigenvalue weighted by molar-refractivity contribution is 0.0746. The molecule has 30 heavy (non-hydrogen) atoms. The van der Waals surface area contributed by atoms with Gasteiger partial charge in [-0.2, -0.15) is 4.98 Å². The highest BCUT2D eigenvalue weighted by Crippen LogP contribution is 2.21. The average molecular weight is 402 g/mol. The fourth-order valence-electron chi connectivity index (χ4n) is 3.72. The molecule has 4 heterocycles. The van der Waals surface area contributed by atoms with Gasteiger partial charge < -0.3 is 19.3 Å². The molecule has 1 aromatic carbocycles. The predicted molar refractivity (Wildman–Crippen MR) is 113 cm³/mol. The molecular weight excluding hydrogens is 380 g/mol. The fraction of sp³-hybridized carbons (Fsp3) is 0.273. The number of anilines is 1. The number of carbonyl (C=O) groups is 1. The van der Waals surface area contributed by atoms with Crippen LogP contribution in [0.15, 0.2) is 53.3 Å². The fourth-order valence-corrected chi connectivity index (χ4v) is 3.72. The summed E-state index contributed by atoms with van der Waals surface area (Å²) in [7, 11) is 0. The van der Waals surface area contributed by atoms with Crippen molar-refractivity contribution in [3.05, 3.63) is 60.2 Å². The largest absolute Gasteiger partial charge is 0.361 e. The molecule has 5 rings (SSSR count). The first-order valence-corrected chi connectivity index (χ1v) is 10.1. The monoisotopic (exact) mass is 402 g/mol. The van der Waals surface area contributed by atoms with Crippen LogP contribution in [0.2, 0.25) is 0 Å². The van der Waals surface area contributed by atoms with Crippen molar-refractivity contribution in [1.29, 1.82) is 0 Å². The van der Waals surface area contributed by atoms with Gasteiger partial charge in [0.25, 0.3) is 5.91 Å². The van der Waals surface area contributed by atoms with E-state index in [-0.39, 0.29) is 5.91 Å². The van der Waals surface area contributed by atoms with Gasteiger partial charge in [0.05, 0.1) is 0 Å². The molecule has 3 aromatic heterocycles. The van der Waals surface area contributed by atoms with Crippen molar-refractivity contribution in [3.8, 4) is 11.4 Å². The van der Waals surface area contributed by atoms with E-state index in [1.54, 1.807) is 6.20 Å². The van der Waals surface area contributed by atoms with Crippen molar-refractivity contribution >= 4 is 22.6 Å². The molecule has 1 saturated heterocycles. The van der Waals surface area contributed by atoms with Gasteiger partial charge in [0, 0.05) is 61.6 Å². The number of carbonyl (C=O) groups excluding carboxylic acids is 1. The van der Waals surface area contributed by atoms with E-state index in [1.165, 1.54) is 0 Å². The molecule has 1 aliphatic heterocycles. The van der Waals surface area contributed by atoms with Crippen LogP contribution < -0.4 is 4.90 Å². The van der Waals surface area contributed by atoms with Gasteiger partial charge in [-0.25, -0.2) is 4.98 Å². The Labute approximate surface area is 173 Å². The topological polar surface area (TPSA) is 91.2 Å². The number of amides is 1. The summed E-state index contributed by atoms with van der Waals surface area (Å²) in [6.45, 7) is 4.78. The van der Waals surface area contributed by atoms with Crippen molar-refractivity contribution in [2.24, 2.45) is 0 Å². The number of H-pyrrole nitrogens is 1. The molecule has 0 radical (unpaired) electrons. The number of hydrogen-bond donors (Lipinski definition) is 1. The van der Waals surface area contributed by atoms with Gasteiger partial charge in [0.2, 0.25) is 11.7 Å². The summed E-state index contributed by atoms with van der Waals surface area (Å²) < 4.78 is 5.17. The highest BCUT2D eigenvalue weighted by atomic mass is 16.5. The maximum absolute atomic E-state index is 12.9. The second-order valence-electron chi connectivity index (χ2n) is 7.33. The Morgan fingerprint density at radius 1 is 1.13 bits per heavy atom. The minimum absolute atomic E-state index is 0.0679. The number of aromatic nitrogens is 4. The Morgan fingerprint density at radius 2 is 2.00 bits per heavy atom. The number of fused-ring (bicyclic) bond motifs is 1. The molecule has 8 heteroatoms. The molecule has 0 aliphatic carbocycles. The van der Waals surface area contributed by atoms with E-state index in [4.69, 9.17) is 4.52 Å². The molecule has 8 nitrogen and oxygen atoms in total. The van der Waals surface area contributed by atoms with Crippen LogP contribution in [0.3, 0.4) is 0 Å². The average Bonchev–Trinajstić information content (AvgIpc) is 3.48. The molecule has 0 unspecified atom stereocenters. The number of pyridine rings is 1. The molecule has 152 valence electrons. The number of benzene rings is 1. The van der Waals surface area contributed by atoms with E-state index in [0.717, 1.165) is 35.4 Å². The predicted octanol–water partition coefficient (Wildman–Crippen LogP) is 3.14. The highest BCUT2D eigenvalue weighted by Gasteiger charge is 2.23. The number of nitrogens with one attached hydrogen (secondary N) is 1. The van der Waals surface area contributed by atoms with Gasteiger partial charge >= 0.3 is 0 Å². The molecule has 0 spiro atoms. The maximum Gasteiger partial charge on any atom is 0.254 e. The zero-order valence-corrected chi connectivity index (χ0v) is 16.7. The van der Waals surface area contributed by atoms with Gasteiger partial charge in [-0.3, -0.25) is 4.79 Å². The van der Waals surface area contributed by atoms with Crippen LogP contribution in [0.4, 0.5) is 5.82 Å². The second kappa shape index (κ2) is 7.62. The zero-order valence-electron chi connectivity index (χ0n) is 16.7. The summed E-state index contributed by atoms with van der Waals surface area (Å²) in [4.78, 5) is 29.1. The summed E-state index contributed by atoms with van der Waals surface area (Å²) in [5.74, 6) is 2.13. The molecule has 1 fully saturated rings. The number of aryl methyl sites for hydroxylation is 1. The van der Waals surface area contributed by atoms with Gasteiger partial charge in [-0.15, -0.1) is 0 Å². The first kappa shape index (κ1) is 18.4. The van der Waals surface area contributed by atoms with E-state index in [0.29, 0.717) is 36.8 Å². The van der Waals surface area contributed by atoms with Crippen LogP contribution in [0.5, 0.6) is 0 Å². The number of nitrogens with zero attached hydrogens (tertiary/aromatic N) is 5. The Hall–Kier alpha value is -3.68. The van der Waals surface area contributed by atoms with E-state index in [2.05, 4.69) is 25.0 Å². The molecule has 1 N–H and O–H groups in total. The summed E-state index contributed by atoms with van der Waals surface area (Å²) in [5.41, 5.74) is 2.53. The third-order valence-electron chi connectivity index (χ3n) is 5.47. The van der Waals surface area contributed by atoms with E-state index in [1.807, 2.05) is 54.4 Å². The summed E-state index contributed by atoms with van der Waals surface area (Å²) >= 11 is 0. The lowest BCUT2D eigenvalue weighted by Crippen LogP contribution is -2.49. The maximum atomic E-state index is 12.9. The van der Waals surface area contributed by atoms with E-state index in [9.17, 15) is 4.79 Å². The molecule has 0 atom stereocenters. The Bertz CT molecular complexity index is 1170. The number of aromatic amines is 1. The zero-order chi connectivity index (χ0) is 20.5. The third kappa shape index (κ3) is 3.41. The molecule has 1 amide bonds. The second-order valence-corrected chi connectivity index (χ2v) is 7.33. The first-order chi connectivity index (χ1) is 14.7. The Morgan fingerprint density at radius 3 is 2.73 bits per heavy atom.